The van der Waals surface area contributed by atoms with Crippen LogP contribution in [0.5, 0.6) is 11.5 Å². The third-order valence-corrected chi connectivity index (χ3v) is 9.96. The fraction of sp³-hybridized carbons (Fsp3) is 0.385. The van der Waals surface area contributed by atoms with Crippen LogP contribution in [0.25, 0.3) is 0 Å². The molecule has 0 radical (unpaired) electrons. The zero-order valence-corrected chi connectivity index (χ0v) is 29.4. The Morgan fingerprint density at radius 1 is 0.941 bits per heavy atom. The van der Waals surface area contributed by atoms with E-state index in [0.29, 0.717) is 57.9 Å². The minimum atomic E-state index is -4.60. The Kier molecular flexibility index (Phi) is 10.5. The second-order valence-corrected chi connectivity index (χ2v) is 13.2. The van der Waals surface area contributed by atoms with E-state index >= 15 is 0 Å². The average Bonchev–Trinajstić information content (AvgIpc) is 3.13. The van der Waals surface area contributed by atoms with Crippen molar-refractivity contribution in [2.45, 2.75) is 51.9 Å². The number of aromatic nitrogens is 3. The molecule has 2 aliphatic rings. The molecule has 0 bridgehead atoms. The van der Waals surface area contributed by atoms with Gasteiger partial charge in [-0.05, 0) is 78.8 Å². The summed E-state index contributed by atoms with van der Waals surface area (Å²) < 4.78 is 55.5. The standard InChI is InChI=1S/C39H43F3N6O3/c1-6-35(49)46-15-17-47(18-16-46)38-32-19-25(2)31(21-33(32)43-24-44-38)37-36(39(40,41)42)26(3)20-34(45-37)48(22-27-7-11-29(50-4)12-8-27)23-28-9-13-30(51-5)14-10-28/h6-14,20,24-25,31H,1,15-19,21-23H2,2-5H3. The van der Waals surface area contributed by atoms with Gasteiger partial charge in [0, 0.05) is 56.4 Å². The number of pyridine rings is 1. The number of anilines is 2. The van der Waals surface area contributed by atoms with Crippen LogP contribution in [-0.4, -0.2) is 66.2 Å². The first-order valence-corrected chi connectivity index (χ1v) is 17.1. The van der Waals surface area contributed by atoms with Crippen LogP contribution in [0, 0.1) is 12.8 Å². The SMILES string of the molecule is C=CC(=O)N1CCN(c2ncnc3c2CC(C)C(c2nc(N(Cc4ccc(OC)cc4)Cc4ccc(OC)cc4)cc(C)c2C(F)(F)F)C3)CC1. The highest BCUT2D eigenvalue weighted by Crippen LogP contribution is 2.45. The van der Waals surface area contributed by atoms with Crippen LogP contribution in [0.4, 0.5) is 24.8 Å². The number of methoxy groups -OCH3 is 2. The maximum atomic E-state index is 14.9. The molecule has 2 atom stereocenters. The molecule has 0 saturated carbocycles. The van der Waals surface area contributed by atoms with Gasteiger partial charge in [0.2, 0.25) is 5.91 Å². The number of carbonyl (C=O) groups excluding carboxylic acids is 1. The number of amides is 1. The van der Waals surface area contributed by atoms with Crippen LogP contribution in [0.2, 0.25) is 0 Å². The quantitative estimate of drug-likeness (QED) is 0.168. The van der Waals surface area contributed by atoms with Gasteiger partial charge in [-0.1, -0.05) is 37.8 Å². The van der Waals surface area contributed by atoms with Gasteiger partial charge in [-0.15, -0.1) is 0 Å². The molecular weight excluding hydrogens is 657 g/mol. The van der Waals surface area contributed by atoms with Gasteiger partial charge in [0.05, 0.1) is 25.5 Å². The Bertz CT molecular complexity index is 1810. The Morgan fingerprint density at radius 2 is 1.53 bits per heavy atom. The highest BCUT2D eigenvalue weighted by atomic mass is 19.4. The third kappa shape index (κ3) is 7.79. The number of rotatable bonds is 10. The van der Waals surface area contributed by atoms with Gasteiger partial charge in [-0.2, -0.15) is 13.2 Å². The number of ether oxygens (including phenoxy) is 2. The lowest BCUT2D eigenvalue weighted by atomic mass is 9.75. The number of benzene rings is 2. The number of nitrogens with zero attached hydrogens (tertiary/aromatic N) is 6. The number of aryl methyl sites for hydroxylation is 1. The van der Waals surface area contributed by atoms with Gasteiger partial charge < -0.3 is 24.2 Å². The molecule has 3 heterocycles. The second kappa shape index (κ2) is 15.0. The molecule has 9 nitrogen and oxygen atoms in total. The van der Waals surface area contributed by atoms with Crippen molar-refractivity contribution >= 4 is 17.5 Å². The first-order chi connectivity index (χ1) is 24.5. The zero-order chi connectivity index (χ0) is 36.3. The van der Waals surface area contributed by atoms with Crippen molar-refractivity contribution in [3.05, 3.63) is 113 Å². The highest BCUT2D eigenvalue weighted by molar-refractivity contribution is 5.87. The number of hydrogen-bond donors (Lipinski definition) is 0. The third-order valence-electron chi connectivity index (χ3n) is 9.96. The van der Waals surface area contributed by atoms with Gasteiger partial charge in [0.15, 0.2) is 0 Å². The summed E-state index contributed by atoms with van der Waals surface area (Å²) in [5.41, 5.74) is 3.10. The molecule has 1 saturated heterocycles. The molecule has 2 aromatic carbocycles. The average molecular weight is 701 g/mol. The lowest BCUT2D eigenvalue weighted by Gasteiger charge is -2.38. The van der Waals surface area contributed by atoms with E-state index in [-0.39, 0.29) is 23.1 Å². The van der Waals surface area contributed by atoms with Gasteiger partial charge in [-0.3, -0.25) is 4.79 Å². The van der Waals surface area contributed by atoms with Crippen molar-refractivity contribution in [1.29, 1.82) is 0 Å². The molecule has 268 valence electrons. The first kappa shape index (κ1) is 35.7. The summed E-state index contributed by atoms with van der Waals surface area (Å²) in [7, 11) is 3.21. The lowest BCUT2D eigenvalue weighted by Crippen LogP contribution is -2.49. The Balaban J connectivity index is 1.36. The number of hydrogen-bond acceptors (Lipinski definition) is 8. The van der Waals surface area contributed by atoms with Crippen molar-refractivity contribution in [1.82, 2.24) is 19.9 Å². The molecular formula is C39H43F3N6O3. The zero-order valence-electron chi connectivity index (χ0n) is 29.4. The molecule has 0 N–H and O–H groups in total. The van der Waals surface area contributed by atoms with E-state index in [2.05, 4.69) is 21.4 Å². The monoisotopic (exact) mass is 700 g/mol. The van der Waals surface area contributed by atoms with Gasteiger partial charge >= 0.3 is 6.18 Å². The van der Waals surface area contributed by atoms with Crippen molar-refractivity contribution in [3.63, 3.8) is 0 Å². The van der Waals surface area contributed by atoms with E-state index in [1.165, 1.54) is 19.3 Å². The molecule has 1 fully saturated rings. The fourth-order valence-electron chi connectivity index (χ4n) is 7.20. The predicted molar refractivity (Wildman–Crippen MR) is 190 cm³/mol. The van der Waals surface area contributed by atoms with Gasteiger partial charge in [0.1, 0.15) is 29.5 Å². The molecule has 1 amide bonds. The van der Waals surface area contributed by atoms with Crippen LogP contribution >= 0.6 is 0 Å². The predicted octanol–water partition coefficient (Wildman–Crippen LogP) is 6.78. The summed E-state index contributed by atoms with van der Waals surface area (Å²) >= 11 is 0. The van der Waals surface area contributed by atoms with Crippen molar-refractivity contribution in [2.24, 2.45) is 5.92 Å². The molecule has 12 heteroatoms. The van der Waals surface area contributed by atoms with E-state index in [9.17, 15) is 18.0 Å². The van der Waals surface area contributed by atoms with Crippen LogP contribution in [-0.2, 0) is 36.9 Å². The van der Waals surface area contributed by atoms with Crippen LogP contribution in [0.15, 0.2) is 73.6 Å². The Labute approximate surface area is 296 Å². The number of alkyl halides is 3. The summed E-state index contributed by atoms with van der Waals surface area (Å²) in [6, 6.07) is 16.8. The Hall–Kier alpha value is -5.13. The number of halogens is 3. The molecule has 2 unspecified atom stereocenters. The van der Waals surface area contributed by atoms with E-state index in [0.717, 1.165) is 39.7 Å². The molecule has 6 rings (SSSR count). The highest BCUT2D eigenvalue weighted by Gasteiger charge is 2.42. The lowest BCUT2D eigenvalue weighted by molar-refractivity contribution is -0.139. The number of carbonyl (C=O) groups is 1. The van der Waals surface area contributed by atoms with Crippen molar-refractivity contribution in [3.8, 4) is 11.5 Å². The van der Waals surface area contributed by atoms with Gasteiger partial charge in [-0.25, -0.2) is 15.0 Å². The summed E-state index contributed by atoms with van der Waals surface area (Å²) in [5, 5.41) is 0. The first-order valence-electron chi connectivity index (χ1n) is 17.1. The minimum Gasteiger partial charge on any atom is -0.497 e. The minimum absolute atomic E-state index is 0.0434. The molecule has 0 spiro atoms. The summed E-state index contributed by atoms with van der Waals surface area (Å²) in [5.74, 6) is 1.88. The normalized spacial score (nSPS) is 17.5. The second-order valence-electron chi connectivity index (χ2n) is 13.2. The summed E-state index contributed by atoms with van der Waals surface area (Å²) in [6.45, 7) is 10.2. The summed E-state index contributed by atoms with van der Waals surface area (Å²) in [6.07, 6.45) is -0.974. The van der Waals surface area contributed by atoms with Gasteiger partial charge in [0.25, 0.3) is 0 Å². The maximum Gasteiger partial charge on any atom is 0.418 e. The van der Waals surface area contributed by atoms with E-state index in [4.69, 9.17) is 14.5 Å². The molecule has 2 aromatic heterocycles. The fourth-order valence-corrected chi connectivity index (χ4v) is 7.20. The number of fused-ring (bicyclic) bond motifs is 1. The van der Waals surface area contributed by atoms with Crippen molar-refractivity contribution < 1.29 is 27.4 Å². The number of piperazine rings is 1. The summed E-state index contributed by atoms with van der Waals surface area (Å²) in [4.78, 5) is 32.2. The largest absolute Gasteiger partial charge is 0.497 e. The van der Waals surface area contributed by atoms with Crippen LogP contribution in [0.3, 0.4) is 0 Å². The van der Waals surface area contributed by atoms with E-state index in [1.807, 2.05) is 60.4 Å². The maximum absolute atomic E-state index is 14.9. The van der Waals surface area contributed by atoms with E-state index in [1.54, 1.807) is 25.2 Å². The van der Waals surface area contributed by atoms with E-state index < -0.39 is 17.7 Å². The van der Waals surface area contributed by atoms with Crippen molar-refractivity contribution in [2.75, 3.05) is 50.2 Å². The Morgan fingerprint density at radius 3 is 2.06 bits per heavy atom. The van der Waals surface area contributed by atoms with Crippen LogP contribution in [0.1, 0.15) is 52.0 Å². The molecule has 4 aromatic rings. The smallest absolute Gasteiger partial charge is 0.418 e. The topological polar surface area (TPSA) is 83.9 Å². The molecule has 1 aliphatic heterocycles. The molecule has 1 aliphatic carbocycles. The molecule has 51 heavy (non-hydrogen) atoms. The van der Waals surface area contributed by atoms with Crippen LogP contribution < -0.4 is 19.3 Å².